The van der Waals surface area contributed by atoms with Crippen LogP contribution in [0.1, 0.15) is 55.9 Å². The molecule has 0 spiro atoms. The number of aryl methyl sites for hydroxylation is 1. The number of aromatic nitrogens is 3. The molecular formula is C21H24FN3O. The maximum Gasteiger partial charge on any atom is 0.168 e. The van der Waals surface area contributed by atoms with Crippen molar-refractivity contribution < 1.29 is 9.18 Å². The van der Waals surface area contributed by atoms with Crippen LogP contribution in [0.15, 0.2) is 36.4 Å². The molecule has 0 saturated carbocycles. The second-order valence-electron chi connectivity index (χ2n) is 6.55. The van der Waals surface area contributed by atoms with Crippen molar-refractivity contribution in [2.45, 2.75) is 52.0 Å². The van der Waals surface area contributed by atoms with Gasteiger partial charge in [-0.05, 0) is 36.8 Å². The number of nitrogens with zero attached hydrogens (tertiary/aromatic N) is 3. The summed E-state index contributed by atoms with van der Waals surface area (Å²) in [6.07, 6.45) is 7.84. The van der Waals surface area contributed by atoms with Gasteiger partial charge in [-0.1, -0.05) is 45.1 Å². The fourth-order valence-electron chi connectivity index (χ4n) is 3.21. The average molecular weight is 353 g/mol. The number of hydrogen-bond donors (Lipinski definition) is 0. The number of rotatable bonds is 9. The molecule has 2 heterocycles. The van der Waals surface area contributed by atoms with Crippen molar-refractivity contribution in [1.82, 2.24) is 14.5 Å². The van der Waals surface area contributed by atoms with Crippen molar-refractivity contribution >= 4 is 17.3 Å². The van der Waals surface area contributed by atoms with Crippen LogP contribution in [0, 0.1) is 5.82 Å². The molecular weight excluding hydrogens is 329 g/mol. The van der Waals surface area contributed by atoms with Gasteiger partial charge in [-0.15, -0.1) is 0 Å². The topological polar surface area (TPSA) is 47.8 Å². The van der Waals surface area contributed by atoms with Crippen molar-refractivity contribution in [2.75, 3.05) is 0 Å². The van der Waals surface area contributed by atoms with E-state index in [0.717, 1.165) is 36.7 Å². The number of carbonyl (C=O) groups is 1. The highest BCUT2D eigenvalue weighted by atomic mass is 19.1. The standard InChI is InChI=1S/C21H24FN3O/c1-2-3-4-5-6-7-13-25-20-14-16(22)11-12-18(20)24-21(25)19-10-8-9-17(15-26)23-19/h8-12,14-15H,2-7,13H2,1H3. The third kappa shape index (κ3) is 4.15. The molecule has 1 aromatic carbocycles. The van der Waals surface area contributed by atoms with Crippen LogP contribution in [0.5, 0.6) is 0 Å². The van der Waals surface area contributed by atoms with Gasteiger partial charge in [0.05, 0.1) is 11.0 Å². The van der Waals surface area contributed by atoms with Crippen molar-refractivity contribution in [3.63, 3.8) is 0 Å². The fourth-order valence-corrected chi connectivity index (χ4v) is 3.21. The molecule has 2 aromatic heterocycles. The minimum Gasteiger partial charge on any atom is -0.323 e. The maximum atomic E-state index is 13.8. The number of benzene rings is 1. The van der Waals surface area contributed by atoms with Gasteiger partial charge in [0.15, 0.2) is 12.1 Å². The van der Waals surface area contributed by atoms with E-state index in [1.807, 2.05) is 10.6 Å². The van der Waals surface area contributed by atoms with E-state index in [1.165, 1.54) is 37.8 Å². The predicted molar refractivity (Wildman–Crippen MR) is 102 cm³/mol. The van der Waals surface area contributed by atoms with Crippen LogP contribution in [-0.2, 0) is 6.54 Å². The summed E-state index contributed by atoms with van der Waals surface area (Å²) >= 11 is 0. The third-order valence-electron chi connectivity index (χ3n) is 4.57. The van der Waals surface area contributed by atoms with Gasteiger partial charge in [0.2, 0.25) is 0 Å². The highest BCUT2D eigenvalue weighted by Gasteiger charge is 2.14. The average Bonchev–Trinajstić information content (AvgIpc) is 3.02. The highest BCUT2D eigenvalue weighted by Crippen LogP contribution is 2.25. The van der Waals surface area contributed by atoms with Crippen molar-refractivity contribution in [3.05, 3.63) is 47.9 Å². The largest absolute Gasteiger partial charge is 0.323 e. The minimum absolute atomic E-state index is 0.275. The first-order valence-corrected chi connectivity index (χ1v) is 9.31. The molecule has 5 heteroatoms. The van der Waals surface area contributed by atoms with E-state index in [-0.39, 0.29) is 5.82 Å². The van der Waals surface area contributed by atoms with Crippen LogP contribution in [-0.4, -0.2) is 20.8 Å². The Morgan fingerprint density at radius 3 is 2.65 bits per heavy atom. The van der Waals surface area contributed by atoms with Crippen LogP contribution in [0.25, 0.3) is 22.6 Å². The number of hydrogen-bond acceptors (Lipinski definition) is 3. The first-order valence-electron chi connectivity index (χ1n) is 9.31. The Labute approximate surface area is 153 Å². The zero-order chi connectivity index (χ0) is 18.4. The van der Waals surface area contributed by atoms with Crippen LogP contribution in [0.2, 0.25) is 0 Å². The maximum absolute atomic E-state index is 13.8. The number of carbonyl (C=O) groups excluding carboxylic acids is 1. The predicted octanol–water partition coefficient (Wildman–Crippen LogP) is 5.41. The quantitative estimate of drug-likeness (QED) is 0.382. The molecule has 0 amide bonds. The summed E-state index contributed by atoms with van der Waals surface area (Å²) in [7, 11) is 0. The first-order chi connectivity index (χ1) is 12.7. The summed E-state index contributed by atoms with van der Waals surface area (Å²) < 4.78 is 15.8. The lowest BCUT2D eigenvalue weighted by Gasteiger charge is -2.09. The number of pyridine rings is 1. The SMILES string of the molecule is CCCCCCCCn1c(-c2cccc(C=O)n2)nc2ccc(F)cc21. The summed E-state index contributed by atoms with van der Waals surface area (Å²) in [5.41, 5.74) is 2.52. The molecule has 0 atom stereocenters. The van der Waals surface area contributed by atoms with E-state index < -0.39 is 0 Å². The molecule has 0 unspecified atom stereocenters. The monoisotopic (exact) mass is 353 g/mol. The van der Waals surface area contributed by atoms with E-state index in [2.05, 4.69) is 16.9 Å². The number of fused-ring (bicyclic) bond motifs is 1. The number of unbranched alkanes of at least 4 members (excludes halogenated alkanes) is 5. The minimum atomic E-state index is -0.275. The molecule has 0 aliphatic heterocycles. The van der Waals surface area contributed by atoms with Gasteiger partial charge >= 0.3 is 0 Å². The lowest BCUT2D eigenvalue weighted by molar-refractivity contribution is 0.111. The molecule has 0 fully saturated rings. The lowest BCUT2D eigenvalue weighted by Crippen LogP contribution is -2.03. The molecule has 4 nitrogen and oxygen atoms in total. The van der Waals surface area contributed by atoms with E-state index in [4.69, 9.17) is 0 Å². The molecule has 26 heavy (non-hydrogen) atoms. The summed E-state index contributed by atoms with van der Waals surface area (Å²) in [6.45, 7) is 2.97. The van der Waals surface area contributed by atoms with Crippen molar-refractivity contribution in [1.29, 1.82) is 0 Å². The lowest BCUT2D eigenvalue weighted by atomic mass is 10.1. The summed E-state index contributed by atoms with van der Waals surface area (Å²) in [5.74, 6) is 0.408. The number of halogens is 1. The summed E-state index contributed by atoms with van der Waals surface area (Å²) in [4.78, 5) is 20.1. The van der Waals surface area contributed by atoms with Gasteiger partial charge in [-0.25, -0.2) is 14.4 Å². The van der Waals surface area contributed by atoms with Crippen LogP contribution < -0.4 is 0 Å². The Balaban J connectivity index is 1.90. The molecule has 0 bridgehead atoms. The second kappa shape index (κ2) is 8.70. The van der Waals surface area contributed by atoms with E-state index >= 15 is 0 Å². The zero-order valence-corrected chi connectivity index (χ0v) is 15.1. The molecule has 0 N–H and O–H groups in total. The Morgan fingerprint density at radius 1 is 1.04 bits per heavy atom. The first kappa shape index (κ1) is 18.2. The van der Waals surface area contributed by atoms with Crippen molar-refractivity contribution in [2.24, 2.45) is 0 Å². The Hall–Kier alpha value is -2.56. The number of aldehydes is 1. The smallest absolute Gasteiger partial charge is 0.168 e. The molecule has 0 radical (unpaired) electrons. The van der Waals surface area contributed by atoms with Gasteiger partial charge in [-0.3, -0.25) is 4.79 Å². The van der Waals surface area contributed by atoms with Crippen molar-refractivity contribution in [3.8, 4) is 11.5 Å². The zero-order valence-electron chi connectivity index (χ0n) is 15.1. The van der Waals surface area contributed by atoms with Gasteiger partial charge in [0.1, 0.15) is 17.2 Å². The van der Waals surface area contributed by atoms with E-state index in [0.29, 0.717) is 17.2 Å². The fraction of sp³-hybridized carbons (Fsp3) is 0.381. The Kier molecular flexibility index (Phi) is 6.10. The van der Waals surface area contributed by atoms with E-state index in [9.17, 15) is 9.18 Å². The van der Waals surface area contributed by atoms with Gasteiger partial charge < -0.3 is 4.57 Å². The van der Waals surface area contributed by atoms with Gasteiger partial charge in [0.25, 0.3) is 0 Å². The Morgan fingerprint density at radius 2 is 1.85 bits per heavy atom. The van der Waals surface area contributed by atoms with Crippen LogP contribution in [0.3, 0.4) is 0 Å². The molecule has 0 aliphatic rings. The number of imidazole rings is 1. The third-order valence-corrected chi connectivity index (χ3v) is 4.57. The highest BCUT2D eigenvalue weighted by molar-refractivity contribution is 5.80. The second-order valence-corrected chi connectivity index (χ2v) is 6.55. The van der Waals surface area contributed by atoms with Gasteiger partial charge in [0, 0.05) is 6.54 Å². The van der Waals surface area contributed by atoms with E-state index in [1.54, 1.807) is 18.2 Å². The summed E-state index contributed by atoms with van der Waals surface area (Å²) in [6, 6.07) is 9.92. The molecule has 0 saturated heterocycles. The van der Waals surface area contributed by atoms with Crippen LogP contribution in [0.4, 0.5) is 4.39 Å². The van der Waals surface area contributed by atoms with Gasteiger partial charge in [-0.2, -0.15) is 0 Å². The molecule has 136 valence electrons. The molecule has 0 aliphatic carbocycles. The molecule has 3 aromatic rings. The van der Waals surface area contributed by atoms with Crippen LogP contribution >= 0.6 is 0 Å². The summed E-state index contributed by atoms with van der Waals surface area (Å²) in [5, 5.41) is 0. The molecule has 3 rings (SSSR count). The Bertz CT molecular complexity index is 888. The normalized spacial score (nSPS) is 11.2.